The highest BCUT2D eigenvalue weighted by atomic mass is 14.8. The monoisotopic (exact) mass is 223 g/mol. The van der Waals surface area contributed by atoms with E-state index in [-0.39, 0.29) is 0 Å². The normalized spacial score (nSPS) is 36.6. The molecule has 16 heavy (non-hydrogen) atoms. The lowest BCUT2D eigenvalue weighted by Gasteiger charge is -2.35. The van der Waals surface area contributed by atoms with Crippen molar-refractivity contribution in [3.8, 4) is 0 Å². The molecule has 4 atom stereocenters. The van der Waals surface area contributed by atoms with Crippen molar-refractivity contribution in [2.45, 2.75) is 58.8 Å². The first-order chi connectivity index (χ1) is 7.67. The third-order valence-corrected chi connectivity index (χ3v) is 5.10. The summed E-state index contributed by atoms with van der Waals surface area (Å²) in [7, 11) is 2.11. The van der Waals surface area contributed by atoms with Gasteiger partial charge in [0.2, 0.25) is 0 Å². The van der Waals surface area contributed by atoms with Crippen molar-refractivity contribution >= 4 is 0 Å². The van der Waals surface area contributed by atoms with Crippen LogP contribution < -0.4 is 5.32 Å². The summed E-state index contributed by atoms with van der Waals surface area (Å²) in [6, 6.07) is 0. The van der Waals surface area contributed by atoms with Crippen LogP contribution in [0, 0.1) is 23.2 Å². The molecule has 0 aromatic rings. The quantitative estimate of drug-likeness (QED) is 0.721. The zero-order chi connectivity index (χ0) is 11.6. The van der Waals surface area contributed by atoms with E-state index in [1.807, 2.05) is 0 Å². The molecular weight excluding hydrogens is 194 g/mol. The van der Waals surface area contributed by atoms with Crippen molar-refractivity contribution < 1.29 is 0 Å². The Hall–Kier alpha value is -0.0400. The zero-order valence-electron chi connectivity index (χ0n) is 11.4. The van der Waals surface area contributed by atoms with Gasteiger partial charge in [-0.2, -0.15) is 0 Å². The molecule has 2 saturated carbocycles. The summed E-state index contributed by atoms with van der Waals surface area (Å²) in [5.41, 5.74) is 0.554. The Morgan fingerprint density at radius 2 is 2.06 bits per heavy atom. The summed E-state index contributed by atoms with van der Waals surface area (Å²) in [6.45, 7) is 6.03. The second-order valence-electron chi connectivity index (χ2n) is 6.73. The Morgan fingerprint density at radius 1 is 1.25 bits per heavy atom. The van der Waals surface area contributed by atoms with Crippen molar-refractivity contribution in [2.75, 3.05) is 13.6 Å². The zero-order valence-corrected chi connectivity index (χ0v) is 11.4. The van der Waals surface area contributed by atoms with Crippen molar-refractivity contribution in [1.29, 1.82) is 0 Å². The molecule has 1 nitrogen and oxygen atoms in total. The van der Waals surface area contributed by atoms with Gasteiger partial charge >= 0.3 is 0 Å². The Morgan fingerprint density at radius 3 is 2.56 bits per heavy atom. The van der Waals surface area contributed by atoms with Crippen LogP contribution in [0.25, 0.3) is 0 Å². The van der Waals surface area contributed by atoms with Gasteiger partial charge in [-0.15, -0.1) is 0 Å². The summed E-state index contributed by atoms with van der Waals surface area (Å²) in [5, 5.41) is 3.41. The van der Waals surface area contributed by atoms with Gasteiger partial charge in [0.25, 0.3) is 0 Å². The average Bonchev–Trinajstić information content (AvgIpc) is 2.79. The highest BCUT2D eigenvalue weighted by Crippen LogP contribution is 2.52. The predicted molar refractivity (Wildman–Crippen MR) is 70.5 cm³/mol. The molecule has 0 aliphatic heterocycles. The van der Waals surface area contributed by atoms with Crippen LogP contribution >= 0.6 is 0 Å². The van der Waals surface area contributed by atoms with Crippen LogP contribution in [-0.2, 0) is 0 Å². The highest BCUT2D eigenvalue weighted by molar-refractivity contribution is 4.93. The minimum Gasteiger partial charge on any atom is -0.319 e. The van der Waals surface area contributed by atoms with Gasteiger partial charge < -0.3 is 5.32 Å². The van der Waals surface area contributed by atoms with E-state index >= 15 is 0 Å². The largest absolute Gasteiger partial charge is 0.319 e. The minimum absolute atomic E-state index is 0.554. The van der Waals surface area contributed by atoms with Crippen LogP contribution in [0.3, 0.4) is 0 Å². The average molecular weight is 223 g/mol. The number of rotatable bonds is 6. The lowest BCUT2D eigenvalue weighted by atomic mass is 9.73. The van der Waals surface area contributed by atoms with E-state index in [2.05, 4.69) is 26.2 Å². The van der Waals surface area contributed by atoms with Gasteiger partial charge in [-0.1, -0.05) is 26.7 Å². The van der Waals surface area contributed by atoms with E-state index in [0.717, 1.165) is 17.8 Å². The fourth-order valence-electron chi connectivity index (χ4n) is 4.55. The molecule has 0 aromatic heterocycles. The van der Waals surface area contributed by atoms with E-state index in [9.17, 15) is 0 Å². The molecule has 0 saturated heterocycles. The van der Waals surface area contributed by atoms with E-state index in [4.69, 9.17) is 0 Å². The third kappa shape index (κ3) is 2.61. The van der Waals surface area contributed by atoms with Crippen LogP contribution in [0.2, 0.25) is 0 Å². The molecule has 2 rings (SSSR count). The van der Waals surface area contributed by atoms with Gasteiger partial charge in [0.15, 0.2) is 0 Å². The Bertz CT molecular complexity index is 217. The lowest BCUT2D eigenvalue weighted by Crippen LogP contribution is -2.33. The van der Waals surface area contributed by atoms with Gasteiger partial charge in [-0.05, 0) is 62.3 Å². The van der Waals surface area contributed by atoms with Gasteiger partial charge in [0.05, 0.1) is 0 Å². The van der Waals surface area contributed by atoms with E-state index in [0.29, 0.717) is 5.41 Å². The van der Waals surface area contributed by atoms with Gasteiger partial charge in [-0.3, -0.25) is 0 Å². The Labute approximate surface area is 101 Å². The predicted octanol–water partition coefficient (Wildman–Crippen LogP) is 3.84. The molecule has 0 amide bonds. The van der Waals surface area contributed by atoms with Crippen molar-refractivity contribution in [3.05, 3.63) is 0 Å². The van der Waals surface area contributed by atoms with Crippen molar-refractivity contribution in [1.82, 2.24) is 5.32 Å². The molecule has 0 radical (unpaired) electrons. The third-order valence-electron chi connectivity index (χ3n) is 5.10. The van der Waals surface area contributed by atoms with Crippen molar-refractivity contribution in [2.24, 2.45) is 23.2 Å². The number of nitrogens with one attached hydrogen (secondary N) is 1. The maximum atomic E-state index is 3.41. The molecule has 4 unspecified atom stereocenters. The first kappa shape index (κ1) is 12.4. The van der Waals surface area contributed by atoms with Gasteiger partial charge in [0.1, 0.15) is 0 Å². The molecule has 1 heteroatoms. The first-order valence-electron chi connectivity index (χ1n) is 7.31. The molecule has 2 fully saturated rings. The fourth-order valence-corrected chi connectivity index (χ4v) is 4.55. The smallest absolute Gasteiger partial charge is 0.000226 e. The first-order valence-corrected chi connectivity index (χ1v) is 7.31. The summed E-state index contributed by atoms with van der Waals surface area (Å²) in [4.78, 5) is 0. The molecule has 94 valence electrons. The Kier molecular flexibility index (Phi) is 3.94. The summed E-state index contributed by atoms with van der Waals surface area (Å²) in [6.07, 6.45) is 10.4. The maximum Gasteiger partial charge on any atom is 0.000226 e. The molecule has 0 spiro atoms. The molecule has 0 aromatic carbocycles. The van der Waals surface area contributed by atoms with Crippen molar-refractivity contribution in [3.63, 3.8) is 0 Å². The topological polar surface area (TPSA) is 12.0 Å². The summed E-state index contributed by atoms with van der Waals surface area (Å²) < 4.78 is 0. The number of hydrogen-bond acceptors (Lipinski definition) is 1. The molecule has 2 aliphatic rings. The molecule has 0 heterocycles. The molecule has 2 aliphatic carbocycles. The lowest BCUT2D eigenvalue weighted by molar-refractivity contribution is 0.174. The van der Waals surface area contributed by atoms with Gasteiger partial charge in [-0.25, -0.2) is 0 Å². The minimum atomic E-state index is 0.554. The molecule has 2 bridgehead atoms. The SMILES string of the molecule is CCCC(C)(CNC)CC1CC2CCC1C2. The molecular formula is C15H29N. The fraction of sp³-hybridized carbons (Fsp3) is 1.00. The number of hydrogen-bond donors (Lipinski definition) is 1. The van der Waals surface area contributed by atoms with Crippen LogP contribution in [0.4, 0.5) is 0 Å². The van der Waals surface area contributed by atoms with Crippen LogP contribution in [-0.4, -0.2) is 13.6 Å². The summed E-state index contributed by atoms with van der Waals surface area (Å²) in [5.74, 6) is 3.26. The van der Waals surface area contributed by atoms with E-state index < -0.39 is 0 Å². The second kappa shape index (κ2) is 5.08. The second-order valence-corrected chi connectivity index (χ2v) is 6.73. The van der Waals surface area contributed by atoms with Crippen LogP contribution in [0.5, 0.6) is 0 Å². The highest BCUT2D eigenvalue weighted by Gasteiger charge is 2.41. The molecule has 1 N–H and O–H groups in total. The standard InChI is InChI=1S/C15H29N/c1-4-7-15(2,11-16-3)10-14-9-12-5-6-13(14)8-12/h12-14,16H,4-11H2,1-3H3. The van der Waals surface area contributed by atoms with Gasteiger partial charge in [0, 0.05) is 6.54 Å². The van der Waals surface area contributed by atoms with Crippen LogP contribution in [0.15, 0.2) is 0 Å². The number of fused-ring (bicyclic) bond motifs is 2. The Balaban J connectivity index is 1.90. The maximum absolute atomic E-state index is 3.41. The van der Waals surface area contributed by atoms with Crippen LogP contribution in [0.1, 0.15) is 58.8 Å². The van der Waals surface area contributed by atoms with E-state index in [1.54, 1.807) is 12.8 Å². The van der Waals surface area contributed by atoms with E-state index in [1.165, 1.54) is 38.6 Å². The summed E-state index contributed by atoms with van der Waals surface area (Å²) >= 11 is 0.